The molecule has 0 spiro atoms. The van der Waals surface area contributed by atoms with E-state index in [4.69, 9.17) is 4.42 Å². The predicted octanol–water partition coefficient (Wildman–Crippen LogP) is 2.40. The molecule has 7 heteroatoms. The van der Waals surface area contributed by atoms with Gasteiger partial charge in [-0.15, -0.1) is 16.4 Å². The Morgan fingerprint density at radius 3 is 2.73 bits per heavy atom. The highest BCUT2D eigenvalue weighted by Gasteiger charge is 2.12. The molecule has 22 heavy (non-hydrogen) atoms. The molecule has 112 valence electrons. The van der Waals surface area contributed by atoms with Crippen molar-refractivity contribution in [3.8, 4) is 10.8 Å². The van der Waals surface area contributed by atoms with Crippen LogP contribution in [0, 0.1) is 0 Å². The molecule has 0 unspecified atom stereocenters. The number of methoxy groups -OCH3 is 1. The number of nitrogens with zero attached hydrogens (tertiary/aromatic N) is 2. The van der Waals surface area contributed by atoms with Gasteiger partial charge in [0.25, 0.3) is 5.89 Å². The molecule has 0 saturated heterocycles. The van der Waals surface area contributed by atoms with E-state index in [9.17, 15) is 9.59 Å². The molecule has 1 aromatic carbocycles. The zero-order valence-electron chi connectivity index (χ0n) is 11.7. The fraction of sp³-hybridized carbons (Fsp3) is 0.133. The van der Waals surface area contributed by atoms with Gasteiger partial charge < -0.3 is 9.15 Å². The topological polar surface area (TPSA) is 74.3 Å². The SMILES string of the molecule is COC(=O)c1ccc(Cn2nc(-c3cccs3)oc2=O)cc1. The van der Waals surface area contributed by atoms with E-state index in [-0.39, 0.29) is 6.54 Å². The van der Waals surface area contributed by atoms with Gasteiger partial charge in [0.05, 0.1) is 24.1 Å². The molecule has 2 heterocycles. The highest BCUT2D eigenvalue weighted by molar-refractivity contribution is 7.13. The highest BCUT2D eigenvalue weighted by atomic mass is 32.1. The van der Waals surface area contributed by atoms with Gasteiger partial charge in [0, 0.05) is 0 Å². The first-order chi connectivity index (χ1) is 10.7. The van der Waals surface area contributed by atoms with E-state index < -0.39 is 11.7 Å². The summed E-state index contributed by atoms with van der Waals surface area (Å²) in [7, 11) is 1.33. The number of esters is 1. The summed E-state index contributed by atoms with van der Waals surface area (Å²) in [5, 5.41) is 6.07. The molecule has 0 atom stereocenters. The summed E-state index contributed by atoms with van der Waals surface area (Å²) in [5.41, 5.74) is 1.29. The molecule has 0 amide bonds. The number of hydrogen-bond acceptors (Lipinski definition) is 6. The van der Waals surface area contributed by atoms with Crippen LogP contribution in [0.3, 0.4) is 0 Å². The van der Waals surface area contributed by atoms with E-state index in [0.717, 1.165) is 10.4 Å². The van der Waals surface area contributed by atoms with Crippen molar-refractivity contribution in [1.82, 2.24) is 9.78 Å². The number of thiophene rings is 1. The number of ether oxygens (including phenoxy) is 1. The Bertz CT molecular complexity index is 831. The Labute approximate surface area is 129 Å². The lowest BCUT2D eigenvalue weighted by molar-refractivity contribution is 0.0600. The highest BCUT2D eigenvalue weighted by Crippen LogP contribution is 2.21. The van der Waals surface area contributed by atoms with Crippen molar-refractivity contribution in [2.45, 2.75) is 6.54 Å². The van der Waals surface area contributed by atoms with Crippen LogP contribution >= 0.6 is 11.3 Å². The van der Waals surface area contributed by atoms with Crippen molar-refractivity contribution in [1.29, 1.82) is 0 Å². The van der Waals surface area contributed by atoms with Crippen LogP contribution in [0.15, 0.2) is 51.0 Å². The third-order valence-corrected chi connectivity index (χ3v) is 3.90. The maximum absolute atomic E-state index is 11.8. The first-order valence-corrected chi connectivity index (χ1v) is 7.34. The molecule has 0 fully saturated rings. The lowest BCUT2D eigenvalue weighted by Gasteiger charge is -2.02. The fourth-order valence-electron chi connectivity index (χ4n) is 1.94. The Morgan fingerprint density at radius 2 is 2.09 bits per heavy atom. The molecule has 0 aliphatic rings. The van der Waals surface area contributed by atoms with E-state index in [1.807, 2.05) is 17.5 Å². The predicted molar refractivity (Wildman–Crippen MR) is 81.0 cm³/mol. The number of carbonyl (C=O) groups is 1. The number of carbonyl (C=O) groups excluding carboxylic acids is 1. The van der Waals surface area contributed by atoms with Crippen LogP contribution in [0.1, 0.15) is 15.9 Å². The summed E-state index contributed by atoms with van der Waals surface area (Å²) >= 11 is 1.45. The molecule has 0 N–H and O–H groups in total. The first kappa shape index (κ1) is 14.3. The quantitative estimate of drug-likeness (QED) is 0.691. The fourth-order valence-corrected chi connectivity index (χ4v) is 2.59. The van der Waals surface area contributed by atoms with Crippen LogP contribution in [0.2, 0.25) is 0 Å². The Balaban J connectivity index is 1.81. The van der Waals surface area contributed by atoms with Gasteiger partial charge in [-0.05, 0) is 29.1 Å². The maximum Gasteiger partial charge on any atom is 0.437 e. The number of benzene rings is 1. The number of hydrogen-bond donors (Lipinski definition) is 0. The Morgan fingerprint density at radius 1 is 1.32 bits per heavy atom. The molecular formula is C15H12N2O4S. The zero-order chi connectivity index (χ0) is 15.5. The summed E-state index contributed by atoms with van der Waals surface area (Å²) in [6.45, 7) is 0.273. The van der Waals surface area contributed by atoms with Gasteiger partial charge in [-0.3, -0.25) is 0 Å². The van der Waals surface area contributed by atoms with Gasteiger partial charge in [0.15, 0.2) is 0 Å². The molecule has 0 aliphatic heterocycles. The standard InChI is InChI=1S/C15H12N2O4S/c1-20-14(18)11-6-4-10(5-7-11)9-17-15(19)21-13(16-17)12-3-2-8-22-12/h2-8H,9H2,1H3. The van der Waals surface area contributed by atoms with Crippen molar-refractivity contribution in [3.05, 3.63) is 63.5 Å². The van der Waals surface area contributed by atoms with Crippen LogP contribution in [0.4, 0.5) is 0 Å². The molecule has 6 nitrogen and oxygen atoms in total. The lowest BCUT2D eigenvalue weighted by Crippen LogP contribution is -2.16. The van der Waals surface area contributed by atoms with Crippen molar-refractivity contribution in [3.63, 3.8) is 0 Å². The summed E-state index contributed by atoms with van der Waals surface area (Å²) in [6, 6.07) is 10.5. The monoisotopic (exact) mass is 316 g/mol. The second-order valence-corrected chi connectivity index (χ2v) is 5.44. The van der Waals surface area contributed by atoms with Crippen LogP contribution in [0.5, 0.6) is 0 Å². The summed E-state index contributed by atoms with van der Waals surface area (Å²) in [6.07, 6.45) is 0. The van der Waals surface area contributed by atoms with Crippen molar-refractivity contribution < 1.29 is 13.9 Å². The molecule has 2 aromatic heterocycles. The number of rotatable bonds is 4. The summed E-state index contributed by atoms with van der Waals surface area (Å²) in [4.78, 5) is 24.0. The van der Waals surface area contributed by atoms with Gasteiger partial charge in [-0.2, -0.15) is 4.68 Å². The molecular weight excluding hydrogens is 304 g/mol. The van der Waals surface area contributed by atoms with E-state index >= 15 is 0 Å². The largest absolute Gasteiger partial charge is 0.465 e. The van der Waals surface area contributed by atoms with Gasteiger partial charge in [0.1, 0.15) is 0 Å². The third-order valence-electron chi connectivity index (χ3n) is 3.05. The van der Waals surface area contributed by atoms with Crippen LogP contribution in [-0.4, -0.2) is 22.9 Å². The molecule has 0 saturated carbocycles. The summed E-state index contributed by atoms with van der Waals surface area (Å²) in [5.74, 6) is -0.600. The molecule has 3 rings (SSSR count). The number of aromatic nitrogens is 2. The average Bonchev–Trinajstić information content (AvgIpc) is 3.18. The van der Waals surface area contributed by atoms with Gasteiger partial charge in [0.2, 0.25) is 0 Å². The van der Waals surface area contributed by atoms with E-state index in [2.05, 4.69) is 9.84 Å². The van der Waals surface area contributed by atoms with E-state index in [1.165, 1.54) is 23.1 Å². The van der Waals surface area contributed by atoms with Gasteiger partial charge >= 0.3 is 11.7 Å². The van der Waals surface area contributed by atoms with Crippen molar-refractivity contribution in [2.24, 2.45) is 0 Å². The average molecular weight is 316 g/mol. The van der Waals surface area contributed by atoms with Crippen LogP contribution in [0.25, 0.3) is 10.8 Å². The van der Waals surface area contributed by atoms with Crippen LogP contribution < -0.4 is 5.76 Å². The van der Waals surface area contributed by atoms with E-state index in [0.29, 0.717) is 11.5 Å². The Hall–Kier alpha value is -2.67. The third kappa shape index (κ3) is 2.84. The second-order valence-electron chi connectivity index (χ2n) is 4.50. The van der Waals surface area contributed by atoms with Crippen molar-refractivity contribution in [2.75, 3.05) is 7.11 Å². The second kappa shape index (κ2) is 5.98. The normalized spacial score (nSPS) is 10.6. The van der Waals surface area contributed by atoms with Crippen molar-refractivity contribution >= 4 is 17.3 Å². The Kier molecular flexibility index (Phi) is 3.88. The maximum atomic E-state index is 11.8. The van der Waals surface area contributed by atoms with E-state index in [1.54, 1.807) is 24.3 Å². The zero-order valence-corrected chi connectivity index (χ0v) is 12.5. The first-order valence-electron chi connectivity index (χ1n) is 6.46. The summed E-state index contributed by atoms with van der Waals surface area (Å²) < 4.78 is 11.0. The molecule has 0 bridgehead atoms. The lowest BCUT2D eigenvalue weighted by atomic mass is 10.1. The smallest absolute Gasteiger partial charge is 0.437 e. The van der Waals surface area contributed by atoms with Gasteiger partial charge in [-0.1, -0.05) is 18.2 Å². The molecule has 0 aliphatic carbocycles. The minimum atomic E-state index is -0.513. The molecule has 3 aromatic rings. The van der Waals surface area contributed by atoms with Gasteiger partial charge in [-0.25, -0.2) is 9.59 Å². The molecule has 0 radical (unpaired) electrons. The van der Waals surface area contributed by atoms with Crippen LogP contribution in [-0.2, 0) is 11.3 Å². The minimum Gasteiger partial charge on any atom is -0.465 e. The minimum absolute atomic E-state index is 0.273.